The Balaban J connectivity index is 0. The first kappa shape index (κ1) is 22.8. The molecule has 2 nitrogen and oxygen atoms in total. The second kappa shape index (κ2) is 13.2. The van der Waals surface area contributed by atoms with E-state index in [1.54, 1.807) is 30.3 Å². The number of nitrogens with zero attached hydrogens (tertiary/aromatic N) is 1. The van der Waals surface area contributed by atoms with Gasteiger partial charge in [0, 0.05) is 22.7 Å². The molecule has 0 aliphatic heterocycles. The number of rotatable bonds is 4. The number of anilines is 1. The summed E-state index contributed by atoms with van der Waals surface area (Å²) in [5.74, 6) is -0.165. The smallest absolute Gasteiger partial charge is 0.228 e. The monoisotopic (exact) mass is 341 g/mol. The van der Waals surface area contributed by atoms with Crippen LogP contribution >= 0.6 is 23.2 Å². The third kappa shape index (κ3) is 8.06. The Kier molecular flexibility index (Phi) is 13.6. The van der Waals surface area contributed by atoms with Gasteiger partial charge in [-0.1, -0.05) is 70.1 Å². The van der Waals surface area contributed by atoms with Gasteiger partial charge in [-0.3, -0.25) is 9.69 Å². The molecule has 0 fully saturated rings. The van der Waals surface area contributed by atoms with Gasteiger partial charge in [0.25, 0.3) is 0 Å². The second-order valence-corrected chi connectivity index (χ2v) is 4.48. The molecule has 0 atom stereocenters. The van der Waals surface area contributed by atoms with E-state index in [4.69, 9.17) is 23.2 Å². The summed E-state index contributed by atoms with van der Waals surface area (Å²) in [5.41, 5.74) is 1.20. The molecule has 1 amide bonds. The molecule has 0 unspecified atom stereocenters. The first-order chi connectivity index (χ1) is 10.5. The lowest BCUT2D eigenvalue weighted by Crippen LogP contribution is -2.26. The van der Waals surface area contributed by atoms with Gasteiger partial charge in [-0.25, -0.2) is 0 Å². The van der Waals surface area contributed by atoms with E-state index in [2.05, 4.69) is 13.2 Å². The highest BCUT2D eigenvalue weighted by Gasteiger charge is 2.14. The lowest BCUT2D eigenvalue weighted by atomic mass is 10.2. The molecule has 1 aromatic carbocycles. The molecule has 1 rings (SSSR count). The topological polar surface area (TPSA) is 20.3 Å². The van der Waals surface area contributed by atoms with E-state index in [1.807, 2.05) is 27.7 Å². The summed E-state index contributed by atoms with van der Waals surface area (Å²) >= 11 is 11.7. The fourth-order valence-corrected chi connectivity index (χ4v) is 1.80. The third-order valence-corrected chi connectivity index (χ3v) is 2.50. The van der Waals surface area contributed by atoms with Crippen molar-refractivity contribution in [2.45, 2.75) is 34.6 Å². The van der Waals surface area contributed by atoms with E-state index in [1.165, 1.54) is 17.9 Å². The molecule has 0 saturated carbocycles. The molecule has 0 bridgehead atoms. The van der Waals surface area contributed by atoms with Crippen LogP contribution in [0.1, 0.15) is 34.6 Å². The van der Waals surface area contributed by atoms with Crippen LogP contribution in [0.3, 0.4) is 0 Å². The van der Waals surface area contributed by atoms with Crippen molar-refractivity contribution in [1.29, 1.82) is 0 Å². The molecule has 0 saturated heterocycles. The number of carbonyl (C=O) groups is 1. The third-order valence-electron chi connectivity index (χ3n) is 2.15. The molecule has 0 heterocycles. The summed E-state index contributed by atoms with van der Waals surface area (Å²) in [4.78, 5) is 13.2. The maximum absolute atomic E-state index is 11.8. The zero-order chi connectivity index (χ0) is 17.7. The van der Waals surface area contributed by atoms with Crippen LogP contribution in [0.15, 0.2) is 60.3 Å². The van der Waals surface area contributed by atoms with Crippen LogP contribution < -0.4 is 4.90 Å². The minimum atomic E-state index is -0.165. The predicted octanol–water partition coefficient (Wildman–Crippen LogP) is 6.57. The van der Waals surface area contributed by atoms with Crippen LogP contribution in [0.2, 0.25) is 5.02 Å². The van der Waals surface area contributed by atoms with Gasteiger partial charge >= 0.3 is 0 Å². The van der Waals surface area contributed by atoms with Crippen LogP contribution in [0.25, 0.3) is 0 Å². The molecule has 122 valence electrons. The zero-order valence-electron chi connectivity index (χ0n) is 14.0. The van der Waals surface area contributed by atoms with Gasteiger partial charge in [0.2, 0.25) is 5.91 Å². The van der Waals surface area contributed by atoms with Crippen LogP contribution in [0.5, 0.6) is 0 Å². The van der Waals surface area contributed by atoms with E-state index in [-0.39, 0.29) is 5.91 Å². The molecular formula is C18H25Cl2NO. The Hall–Kier alpha value is -1.51. The standard InChI is InChI=1S/C14H13Cl2NO.2C2H6/c1-4-13(8-10(2)15)17(11(3)18)14-7-5-6-12(16)9-14;2*1-2/h4-9H,1-2H2,3H3;2*1-2H3/b13-8+;;. The summed E-state index contributed by atoms with van der Waals surface area (Å²) < 4.78 is 0. The predicted molar refractivity (Wildman–Crippen MR) is 101 cm³/mol. The van der Waals surface area contributed by atoms with Crippen molar-refractivity contribution in [3.63, 3.8) is 0 Å². The van der Waals surface area contributed by atoms with E-state index >= 15 is 0 Å². The van der Waals surface area contributed by atoms with Gasteiger partial charge < -0.3 is 0 Å². The van der Waals surface area contributed by atoms with Gasteiger partial charge in [0.05, 0.1) is 5.69 Å². The Morgan fingerprint density at radius 2 is 1.77 bits per heavy atom. The van der Waals surface area contributed by atoms with Crippen LogP contribution in [0.4, 0.5) is 5.69 Å². The van der Waals surface area contributed by atoms with E-state index in [0.717, 1.165) is 0 Å². The minimum Gasteiger partial charge on any atom is -0.281 e. The lowest BCUT2D eigenvalue weighted by Gasteiger charge is -2.22. The van der Waals surface area contributed by atoms with Crippen LogP contribution in [-0.4, -0.2) is 5.91 Å². The van der Waals surface area contributed by atoms with Crippen LogP contribution in [0, 0.1) is 0 Å². The first-order valence-corrected chi connectivity index (χ1v) is 7.96. The highest BCUT2D eigenvalue weighted by Crippen LogP contribution is 2.24. The van der Waals surface area contributed by atoms with Crippen molar-refractivity contribution in [3.8, 4) is 0 Å². The summed E-state index contributed by atoms with van der Waals surface area (Å²) in [5, 5.41) is 0.866. The SMILES string of the molecule is C=C/C(=C\C(=C)Cl)N(C(C)=O)c1cccc(Cl)c1.CC.CC. The highest BCUT2D eigenvalue weighted by molar-refractivity contribution is 6.31. The molecular weight excluding hydrogens is 317 g/mol. The second-order valence-electron chi connectivity index (χ2n) is 3.55. The quantitative estimate of drug-likeness (QED) is 0.567. The molecule has 4 heteroatoms. The molecule has 0 aliphatic rings. The number of halogens is 2. The fourth-order valence-electron chi connectivity index (χ4n) is 1.50. The maximum atomic E-state index is 11.8. The number of amides is 1. The van der Waals surface area contributed by atoms with Gasteiger partial charge in [-0.05, 0) is 30.4 Å². The summed E-state index contributed by atoms with van der Waals surface area (Å²) in [7, 11) is 0. The Labute approximate surface area is 144 Å². The Bertz CT molecular complexity index is 522. The Morgan fingerprint density at radius 1 is 1.23 bits per heavy atom. The lowest BCUT2D eigenvalue weighted by molar-refractivity contribution is -0.116. The van der Waals surface area contributed by atoms with Crippen molar-refractivity contribution in [1.82, 2.24) is 0 Å². The minimum absolute atomic E-state index is 0.165. The molecule has 22 heavy (non-hydrogen) atoms. The van der Waals surface area contributed by atoms with E-state index in [9.17, 15) is 4.79 Å². The van der Waals surface area contributed by atoms with Crippen molar-refractivity contribution >= 4 is 34.8 Å². The Morgan fingerprint density at radius 3 is 2.14 bits per heavy atom. The molecule has 0 spiro atoms. The van der Waals surface area contributed by atoms with Crippen molar-refractivity contribution in [2.75, 3.05) is 4.90 Å². The van der Waals surface area contributed by atoms with Gasteiger partial charge in [0.15, 0.2) is 0 Å². The van der Waals surface area contributed by atoms with Crippen molar-refractivity contribution in [3.05, 3.63) is 65.3 Å². The number of carbonyl (C=O) groups excluding carboxylic acids is 1. The highest BCUT2D eigenvalue weighted by atomic mass is 35.5. The summed E-state index contributed by atoms with van der Waals surface area (Å²) in [6.45, 7) is 16.7. The number of allylic oxidation sites excluding steroid dienone is 3. The zero-order valence-corrected chi connectivity index (χ0v) is 15.5. The van der Waals surface area contributed by atoms with Crippen molar-refractivity contribution in [2.24, 2.45) is 0 Å². The largest absolute Gasteiger partial charge is 0.281 e. The molecule has 0 aliphatic carbocycles. The van der Waals surface area contributed by atoms with E-state index in [0.29, 0.717) is 21.4 Å². The van der Waals surface area contributed by atoms with Crippen LogP contribution in [-0.2, 0) is 4.79 Å². The summed E-state index contributed by atoms with van der Waals surface area (Å²) in [6, 6.07) is 6.98. The average molecular weight is 342 g/mol. The number of hydrogen-bond donors (Lipinski definition) is 0. The molecule has 0 radical (unpaired) electrons. The van der Waals surface area contributed by atoms with Gasteiger partial charge in [0.1, 0.15) is 0 Å². The van der Waals surface area contributed by atoms with Crippen molar-refractivity contribution < 1.29 is 4.79 Å². The van der Waals surface area contributed by atoms with Gasteiger partial charge in [-0.15, -0.1) is 0 Å². The summed E-state index contributed by atoms with van der Waals surface area (Å²) in [6.07, 6.45) is 3.10. The van der Waals surface area contributed by atoms with E-state index < -0.39 is 0 Å². The number of hydrogen-bond acceptors (Lipinski definition) is 1. The maximum Gasteiger partial charge on any atom is 0.228 e. The van der Waals surface area contributed by atoms with Gasteiger partial charge in [-0.2, -0.15) is 0 Å². The number of benzene rings is 1. The average Bonchev–Trinajstić information content (AvgIpc) is 2.50. The molecule has 1 aromatic rings. The fraction of sp³-hybridized carbons (Fsp3) is 0.278. The first-order valence-electron chi connectivity index (χ1n) is 7.20. The molecule has 0 aromatic heterocycles. The normalized spacial score (nSPS) is 9.50. The molecule has 0 N–H and O–H groups in total.